The molecule has 2 heterocycles. The zero-order chi connectivity index (χ0) is 12.9. The predicted molar refractivity (Wildman–Crippen MR) is 69.5 cm³/mol. The van der Waals surface area contributed by atoms with Gasteiger partial charge in [-0.15, -0.1) is 0 Å². The Balaban J connectivity index is 1.86. The number of rotatable bonds is 3. The summed E-state index contributed by atoms with van der Waals surface area (Å²) in [6.07, 6.45) is 2.59. The van der Waals surface area contributed by atoms with Gasteiger partial charge >= 0.3 is 0 Å². The van der Waals surface area contributed by atoms with E-state index in [-0.39, 0.29) is 5.56 Å². The molecule has 0 radical (unpaired) electrons. The van der Waals surface area contributed by atoms with Crippen LogP contribution in [-0.4, -0.2) is 26.2 Å². The first kappa shape index (κ1) is 11.3. The van der Waals surface area contributed by atoms with Crippen LogP contribution in [0.5, 0.6) is 0 Å². The molecule has 2 aromatic rings. The second-order valence-electron chi connectivity index (χ2n) is 5.61. The second-order valence-corrected chi connectivity index (χ2v) is 5.61. The standard InChI is InChI=1S/C12H17N5O/c1-6(2)12(3)4-8(12)14-11-15-9-7(5-13-17-9)10(18)16-11/h5-6,8H,4H2,1-3H3,(H3,13,14,15,16,17,18). The Kier molecular flexibility index (Phi) is 2.23. The van der Waals surface area contributed by atoms with Crippen LogP contribution in [-0.2, 0) is 0 Å². The quantitative estimate of drug-likeness (QED) is 0.767. The van der Waals surface area contributed by atoms with E-state index in [0.29, 0.717) is 34.4 Å². The molecule has 96 valence electrons. The minimum absolute atomic E-state index is 0.164. The number of nitrogens with zero attached hydrogens (tertiary/aromatic N) is 2. The van der Waals surface area contributed by atoms with E-state index in [2.05, 4.69) is 46.3 Å². The molecule has 1 saturated carbocycles. The lowest BCUT2D eigenvalue weighted by atomic mass is 9.94. The van der Waals surface area contributed by atoms with Gasteiger partial charge in [-0.05, 0) is 17.8 Å². The van der Waals surface area contributed by atoms with E-state index in [4.69, 9.17) is 0 Å². The number of hydrogen-bond donors (Lipinski definition) is 3. The lowest BCUT2D eigenvalue weighted by molar-refractivity contribution is 0.387. The Hall–Kier alpha value is -1.85. The van der Waals surface area contributed by atoms with Crippen molar-refractivity contribution >= 4 is 17.0 Å². The van der Waals surface area contributed by atoms with Gasteiger partial charge in [0.05, 0.1) is 6.20 Å². The largest absolute Gasteiger partial charge is 0.352 e. The van der Waals surface area contributed by atoms with E-state index in [1.807, 2.05) is 0 Å². The third-order valence-electron chi connectivity index (χ3n) is 4.23. The molecule has 0 saturated heterocycles. The van der Waals surface area contributed by atoms with Crippen LogP contribution < -0.4 is 10.9 Å². The molecule has 0 aliphatic heterocycles. The molecule has 2 unspecified atom stereocenters. The van der Waals surface area contributed by atoms with Crippen LogP contribution in [0.3, 0.4) is 0 Å². The fourth-order valence-corrected chi connectivity index (χ4v) is 2.31. The molecule has 1 aliphatic rings. The number of aromatic nitrogens is 4. The molecule has 0 amide bonds. The second kappa shape index (κ2) is 3.57. The third-order valence-corrected chi connectivity index (χ3v) is 4.23. The van der Waals surface area contributed by atoms with Crippen LogP contribution in [0.25, 0.3) is 11.0 Å². The zero-order valence-electron chi connectivity index (χ0n) is 10.7. The molecule has 1 aliphatic carbocycles. The summed E-state index contributed by atoms with van der Waals surface area (Å²) in [4.78, 5) is 18.8. The minimum Gasteiger partial charge on any atom is -0.352 e. The molecule has 2 aromatic heterocycles. The predicted octanol–water partition coefficient (Wildman–Crippen LogP) is 1.49. The number of hydrogen-bond acceptors (Lipinski definition) is 4. The highest BCUT2D eigenvalue weighted by Gasteiger charge is 2.52. The molecule has 3 rings (SSSR count). The van der Waals surface area contributed by atoms with Crippen molar-refractivity contribution in [3.8, 4) is 0 Å². The van der Waals surface area contributed by atoms with Gasteiger partial charge in [-0.1, -0.05) is 20.8 Å². The van der Waals surface area contributed by atoms with Crippen molar-refractivity contribution in [3.63, 3.8) is 0 Å². The minimum atomic E-state index is -0.164. The van der Waals surface area contributed by atoms with Gasteiger partial charge in [0.2, 0.25) is 5.95 Å². The molecule has 0 aromatic carbocycles. The normalized spacial score (nSPS) is 26.8. The van der Waals surface area contributed by atoms with Gasteiger partial charge in [0.25, 0.3) is 5.56 Å². The first-order chi connectivity index (χ1) is 8.50. The fourth-order valence-electron chi connectivity index (χ4n) is 2.31. The summed E-state index contributed by atoms with van der Waals surface area (Å²) >= 11 is 0. The topological polar surface area (TPSA) is 86.5 Å². The number of nitrogens with one attached hydrogen (secondary N) is 3. The maximum Gasteiger partial charge on any atom is 0.263 e. The molecule has 0 bridgehead atoms. The number of aromatic amines is 2. The Labute approximate surface area is 104 Å². The van der Waals surface area contributed by atoms with Crippen LogP contribution in [0.1, 0.15) is 27.2 Å². The summed E-state index contributed by atoms with van der Waals surface area (Å²) in [7, 11) is 0. The maximum atomic E-state index is 11.8. The smallest absolute Gasteiger partial charge is 0.263 e. The summed E-state index contributed by atoms with van der Waals surface area (Å²) in [5.41, 5.74) is 0.651. The van der Waals surface area contributed by atoms with Crippen LogP contribution in [0.2, 0.25) is 0 Å². The number of H-pyrrole nitrogens is 2. The van der Waals surface area contributed by atoms with E-state index < -0.39 is 0 Å². The lowest BCUT2D eigenvalue weighted by Crippen LogP contribution is -2.19. The van der Waals surface area contributed by atoms with Gasteiger partial charge < -0.3 is 5.32 Å². The SMILES string of the molecule is CC(C)C1(C)CC1Nc1nc2[nH]ncc2c(=O)[nH]1. The molecule has 1 fully saturated rings. The molecule has 0 spiro atoms. The summed E-state index contributed by atoms with van der Waals surface area (Å²) in [5, 5.41) is 10.3. The van der Waals surface area contributed by atoms with Crippen LogP contribution in [0.15, 0.2) is 11.0 Å². The van der Waals surface area contributed by atoms with Crippen molar-refractivity contribution in [3.05, 3.63) is 16.6 Å². The summed E-state index contributed by atoms with van der Waals surface area (Å²) < 4.78 is 0. The first-order valence-corrected chi connectivity index (χ1v) is 6.20. The first-order valence-electron chi connectivity index (χ1n) is 6.20. The van der Waals surface area contributed by atoms with E-state index >= 15 is 0 Å². The van der Waals surface area contributed by atoms with Gasteiger partial charge in [0.1, 0.15) is 5.39 Å². The Morgan fingerprint density at radius 2 is 2.33 bits per heavy atom. The Morgan fingerprint density at radius 1 is 1.56 bits per heavy atom. The maximum absolute atomic E-state index is 11.8. The van der Waals surface area contributed by atoms with Crippen LogP contribution >= 0.6 is 0 Å². The molecule has 18 heavy (non-hydrogen) atoms. The summed E-state index contributed by atoms with van der Waals surface area (Å²) in [6.45, 7) is 6.69. The summed E-state index contributed by atoms with van der Waals surface area (Å²) in [5.74, 6) is 1.13. The molecule has 6 nitrogen and oxygen atoms in total. The zero-order valence-corrected chi connectivity index (χ0v) is 10.7. The van der Waals surface area contributed by atoms with Crippen molar-refractivity contribution < 1.29 is 0 Å². The van der Waals surface area contributed by atoms with Crippen LogP contribution in [0, 0.1) is 11.3 Å². The average Bonchev–Trinajstić information content (AvgIpc) is 2.75. The molecule has 6 heteroatoms. The van der Waals surface area contributed by atoms with Crippen molar-refractivity contribution in [1.82, 2.24) is 20.2 Å². The van der Waals surface area contributed by atoms with Crippen molar-refractivity contribution in [2.75, 3.05) is 5.32 Å². The molecular weight excluding hydrogens is 230 g/mol. The highest BCUT2D eigenvalue weighted by atomic mass is 16.1. The Bertz CT molecular complexity index is 643. The van der Waals surface area contributed by atoms with E-state index in [1.54, 1.807) is 0 Å². The van der Waals surface area contributed by atoms with Crippen molar-refractivity contribution in [2.45, 2.75) is 33.2 Å². The van der Waals surface area contributed by atoms with Gasteiger partial charge in [0, 0.05) is 6.04 Å². The van der Waals surface area contributed by atoms with E-state index in [0.717, 1.165) is 6.42 Å². The summed E-state index contributed by atoms with van der Waals surface area (Å²) in [6, 6.07) is 0.376. The third kappa shape index (κ3) is 1.60. The molecular formula is C12H17N5O. The van der Waals surface area contributed by atoms with E-state index in [1.165, 1.54) is 6.20 Å². The highest BCUT2D eigenvalue weighted by molar-refractivity contribution is 5.73. The Morgan fingerprint density at radius 3 is 3.00 bits per heavy atom. The molecule has 2 atom stereocenters. The lowest BCUT2D eigenvalue weighted by Gasteiger charge is -2.16. The average molecular weight is 247 g/mol. The molecule has 3 N–H and O–H groups in total. The van der Waals surface area contributed by atoms with Crippen molar-refractivity contribution in [2.24, 2.45) is 11.3 Å². The van der Waals surface area contributed by atoms with Gasteiger partial charge in [0.15, 0.2) is 5.65 Å². The van der Waals surface area contributed by atoms with Gasteiger partial charge in [-0.3, -0.25) is 14.9 Å². The van der Waals surface area contributed by atoms with Crippen LogP contribution in [0.4, 0.5) is 5.95 Å². The van der Waals surface area contributed by atoms with Gasteiger partial charge in [-0.25, -0.2) is 0 Å². The number of fused-ring (bicyclic) bond motifs is 1. The highest BCUT2D eigenvalue weighted by Crippen LogP contribution is 2.52. The van der Waals surface area contributed by atoms with E-state index in [9.17, 15) is 4.79 Å². The van der Waals surface area contributed by atoms with Gasteiger partial charge in [-0.2, -0.15) is 10.1 Å². The fraction of sp³-hybridized carbons (Fsp3) is 0.583. The monoisotopic (exact) mass is 247 g/mol. The van der Waals surface area contributed by atoms with Crippen molar-refractivity contribution in [1.29, 1.82) is 0 Å². The number of anilines is 1.